The van der Waals surface area contributed by atoms with E-state index in [1.165, 1.54) is 14.1 Å². The van der Waals surface area contributed by atoms with Crippen molar-refractivity contribution in [2.45, 2.75) is 12.8 Å². The van der Waals surface area contributed by atoms with Gasteiger partial charge in [0.15, 0.2) is 0 Å². The third-order valence-electron chi connectivity index (χ3n) is 1.91. The van der Waals surface area contributed by atoms with Crippen molar-refractivity contribution in [3.05, 3.63) is 18.2 Å². The fraction of sp³-hybridized carbons (Fsp3) is 0.625. The summed E-state index contributed by atoms with van der Waals surface area (Å²) in [5.74, 6) is 0.874. The molecule has 0 aliphatic heterocycles. The maximum Gasteiger partial charge on any atom is 0.278 e. The van der Waals surface area contributed by atoms with Gasteiger partial charge in [0.2, 0.25) is 0 Å². The lowest BCUT2D eigenvalue weighted by Crippen LogP contribution is -2.36. The van der Waals surface area contributed by atoms with E-state index in [0.717, 1.165) is 23.0 Å². The molecular formula is C8H16N4O2S. The minimum absolute atomic E-state index is 0.418. The first-order valence-electron chi connectivity index (χ1n) is 4.68. The molecule has 1 aromatic rings. The topological polar surface area (TPSA) is 78.1 Å². The van der Waals surface area contributed by atoms with Crippen LogP contribution >= 0.6 is 0 Å². The predicted octanol–water partition coefficient (Wildman–Crippen LogP) is -0.262. The van der Waals surface area contributed by atoms with Gasteiger partial charge in [0.25, 0.3) is 10.2 Å². The van der Waals surface area contributed by atoms with Gasteiger partial charge in [-0.15, -0.1) is 0 Å². The predicted molar refractivity (Wildman–Crippen MR) is 57.5 cm³/mol. The largest absolute Gasteiger partial charge is 0.349 e. The van der Waals surface area contributed by atoms with E-state index in [4.69, 9.17) is 0 Å². The van der Waals surface area contributed by atoms with Crippen LogP contribution in [0.15, 0.2) is 12.4 Å². The molecule has 0 radical (unpaired) electrons. The van der Waals surface area contributed by atoms with Gasteiger partial charge in [-0.2, -0.15) is 12.7 Å². The number of nitrogens with zero attached hydrogens (tertiary/aromatic N) is 2. The highest BCUT2D eigenvalue weighted by molar-refractivity contribution is 7.87. The van der Waals surface area contributed by atoms with Crippen LogP contribution in [0.5, 0.6) is 0 Å². The minimum atomic E-state index is -3.29. The summed E-state index contributed by atoms with van der Waals surface area (Å²) < 4.78 is 26.2. The fourth-order valence-corrected chi connectivity index (χ4v) is 1.68. The number of rotatable bonds is 6. The van der Waals surface area contributed by atoms with Crippen LogP contribution in [-0.4, -0.2) is 43.3 Å². The number of aromatic amines is 1. The van der Waals surface area contributed by atoms with Crippen LogP contribution in [0.4, 0.5) is 0 Å². The molecule has 15 heavy (non-hydrogen) atoms. The van der Waals surface area contributed by atoms with E-state index in [1.807, 2.05) is 0 Å². The third kappa shape index (κ3) is 3.98. The molecule has 1 aromatic heterocycles. The number of imidazole rings is 1. The van der Waals surface area contributed by atoms with Crippen LogP contribution in [0.25, 0.3) is 0 Å². The van der Waals surface area contributed by atoms with Crippen molar-refractivity contribution in [3.63, 3.8) is 0 Å². The fourth-order valence-electron chi connectivity index (χ4n) is 1.02. The summed E-state index contributed by atoms with van der Waals surface area (Å²) >= 11 is 0. The summed E-state index contributed by atoms with van der Waals surface area (Å²) in [6.45, 7) is 0.418. The standard InChI is InChI=1S/C8H16N4O2S/c1-12(2)15(13,14)11-5-3-4-8-9-6-7-10-8/h6-7,11H,3-5H2,1-2H3,(H,9,10). The molecule has 0 bridgehead atoms. The zero-order chi connectivity index (χ0) is 11.3. The molecule has 7 heteroatoms. The lowest BCUT2D eigenvalue weighted by Gasteiger charge is -2.11. The van der Waals surface area contributed by atoms with Gasteiger partial charge in [-0.05, 0) is 6.42 Å². The Bertz CT molecular complexity index is 371. The molecule has 2 N–H and O–H groups in total. The van der Waals surface area contributed by atoms with Gasteiger partial charge in [0.1, 0.15) is 5.82 Å². The molecule has 0 aliphatic carbocycles. The highest BCUT2D eigenvalue weighted by atomic mass is 32.2. The zero-order valence-corrected chi connectivity index (χ0v) is 9.71. The van der Waals surface area contributed by atoms with Crippen molar-refractivity contribution in [2.24, 2.45) is 0 Å². The van der Waals surface area contributed by atoms with Crippen LogP contribution in [0.1, 0.15) is 12.2 Å². The van der Waals surface area contributed by atoms with Crippen LogP contribution in [0.3, 0.4) is 0 Å². The summed E-state index contributed by atoms with van der Waals surface area (Å²) in [4.78, 5) is 7.00. The first-order valence-corrected chi connectivity index (χ1v) is 6.12. The lowest BCUT2D eigenvalue weighted by atomic mass is 10.3. The Morgan fingerprint density at radius 3 is 2.80 bits per heavy atom. The molecule has 0 unspecified atom stereocenters. The molecule has 0 amide bonds. The van der Waals surface area contributed by atoms with Crippen molar-refractivity contribution < 1.29 is 8.42 Å². The van der Waals surface area contributed by atoms with Gasteiger partial charge in [-0.25, -0.2) is 9.71 Å². The lowest BCUT2D eigenvalue weighted by molar-refractivity contribution is 0.504. The molecule has 0 saturated carbocycles. The number of hydrogen-bond acceptors (Lipinski definition) is 3. The number of aromatic nitrogens is 2. The number of nitrogens with one attached hydrogen (secondary N) is 2. The molecule has 0 saturated heterocycles. The second-order valence-corrected chi connectivity index (χ2v) is 5.29. The van der Waals surface area contributed by atoms with E-state index in [9.17, 15) is 8.42 Å². The smallest absolute Gasteiger partial charge is 0.278 e. The molecular weight excluding hydrogens is 216 g/mol. The second-order valence-electron chi connectivity index (χ2n) is 3.32. The van der Waals surface area contributed by atoms with E-state index in [-0.39, 0.29) is 0 Å². The maximum atomic E-state index is 11.3. The first kappa shape index (κ1) is 12.2. The molecule has 0 fully saturated rings. The Morgan fingerprint density at radius 2 is 2.27 bits per heavy atom. The van der Waals surface area contributed by atoms with Crippen LogP contribution in [0, 0.1) is 0 Å². The van der Waals surface area contributed by atoms with Crippen molar-refractivity contribution >= 4 is 10.2 Å². The molecule has 0 aliphatic rings. The minimum Gasteiger partial charge on any atom is -0.349 e. The van der Waals surface area contributed by atoms with Crippen molar-refractivity contribution in [1.29, 1.82) is 0 Å². The summed E-state index contributed by atoms with van der Waals surface area (Å²) in [5, 5.41) is 0. The van der Waals surface area contributed by atoms with Gasteiger partial charge >= 0.3 is 0 Å². The Balaban J connectivity index is 2.23. The average Bonchev–Trinajstić information content (AvgIpc) is 2.64. The summed E-state index contributed by atoms with van der Waals surface area (Å²) in [6.07, 6.45) is 4.89. The molecule has 0 aromatic carbocycles. The van der Waals surface area contributed by atoms with Crippen molar-refractivity contribution in [2.75, 3.05) is 20.6 Å². The van der Waals surface area contributed by atoms with Crippen LogP contribution < -0.4 is 4.72 Å². The van der Waals surface area contributed by atoms with Crippen LogP contribution in [0.2, 0.25) is 0 Å². The average molecular weight is 232 g/mol. The summed E-state index contributed by atoms with van der Waals surface area (Å²) in [7, 11) is -0.297. The van der Waals surface area contributed by atoms with Gasteiger partial charge in [-0.3, -0.25) is 0 Å². The summed E-state index contributed by atoms with van der Waals surface area (Å²) in [5.41, 5.74) is 0. The van der Waals surface area contributed by atoms with E-state index in [1.54, 1.807) is 12.4 Å². The first-order chi connectivity index (χ1) is 7.02. The van der Waals surface area contributed by atoms with E-state index in [2.05, 4.69) is 14.7 Å². The van der Waals surface area contributed by atoms with Crippen molar-refractivity contribution in [3.8, 4) is 0 Å². The van der Waals surface area contributed by atoms with Crippen LogP contribution in [-0.2, 0) is 16.6 Å². The highest BCUT2D eigenvalue weighted by Crippen LogP contribution is 1.95. The Labute approximate surface area is 89.9 Å². The Morgan fingerprint density at radius 1 is 1.53 bits per heavy atom. The van der Waals surface area contributed by atoms with Gasteiger partial charge < -0.3 is 4.98 Å². The quantitative estimate of drug-likeness (QED) is 0.663. The third-order valence-corrected chi connectivity index (χ3v) is 3.44. The number of H-pyrrole nitrogens is 1. The maximum absolute atomic E-state index is 11.3. The van der Waals surface area contributed by atoms with Gasteiger partial charge in [-0.1, -0.05) is 0 Å². The Kier molecular flexibility index (Phi) is 4.25. The molecule has 0 spiro atoms. The summed E-state index contributed by atoms with van der Waals surface area (Å²) in [6, 6.07) is 0. The molecule has 86 valence electrons. The molecule has 1 rings (SSSR count). The number of aryl methyl sites for hydroxylation is 1. The monoisotopic (exact) mass is 232 g/mol. The normalized spacial score (nSPS) is 12.2. The van der Waals surface area contributed by atoms with E-state index >= 15 is 0 Å². The van der Waals surface area contributed by atoms with Crippen molar-refractivity contribution in [1.82, 2.24) is 19.0 Å². The SMILES string of the molecule is CN(C)S(=O)(=O)NCCCc1ncc[nH]1. The Hall–Kier alpha value is -0.920. The second kappa shape index (κ2) is 5.24. The van der Waals surface area contributed by atoms with E-state index < -0.39 is 10.2 Å². The van der Waals surface area contributed by atoms with E-state index in [0.29, 0.717) is 6.54 Å². The molecule has 1 heterocycles. The van der Waals surface area contributed by atoms with Gasteiger partial charge in [0, 0.05) is 39.5 Å². The number of hydrogen-bond donors (Lipinski definition) is 2. The van der Waals surface area contributed by atoms with Gasteiger partial charge in [0.05, 0.1) is 0 Å². The molecule has 6 nitrogen and oxygen atoms in total. The highest BCUT2D eigenvalue weighted by Gasteiger charge is 2.11. The zero-order valence-electron chi connectivity index (χ0n) is 8.90. The molecule has 0 atom stereocenters.